The fourth-order valence-corrected chi connectivity index (χ4v) is 3.67. The fourth-order valence-electron chi connectivity index (χ4n) is 3.34. The maximum atomic E-state index is 5.95. The molecule has 22 heavy (non-hydrogen) atoms. The molecule has 0 radical (unpaired) electrons. The van der Waals surface area contributed by atoms with Gasteiger partial charge in [-0.15, -0.1) is 0 Å². The van der Waals surface area contributed by atoms with E-state index in [4.69, 9.17) is 23.2 Å². The average Bonchev–Trinajstić information content (AvgIpc) is 2.57. The summed E-state index contributed by atoms with van der Waals surface area (Å²) in [7, 11) is 0. The van der Waals surface area contributed by atoms with Crippen molar-refractivity contribution in [3.05, 3.63) is 70.7 Å². The highest BCUT2D eigenvalue weighted by Gasteiger charge is 2.20. The molecule has 114 valence electrons. The van der Waals surface area contributed by atoms with Crippen molar-refractivity contribution in [2.24, 2.45) is 5.92 Å². The van der Waals surface area contributed by atoms with E-state index < -0.39 is 0 Å². The molecule has 2 aromatic carbocycles. The average molecular weight is 331 g/mol. The largest absolute Gasteiger partial charge is 0.0933 e. The molecular formula is C20H20Cl2. The third-order valence-corrected chi connectivity index (χ3v) is 5.07. The van der Waals surface area contributed by atoms with Gasteiger partial charge in [0.15, 0.2) is 0 Å². The summed E-state index contributed by atoms with van der Waals surface area (Å²) >= 11 is 11.6. The van der Waals surface area contributed by atoms with Gasteiger partial charge in [-0.1, -0.05) is 65.7 Å². The highest BCUT2D eigenvalue weighted by atomic mass is 35.5. The first-order valence-electron chi connectivity index (χ1n) is 7.89. The fraction of sp³-hybridized carbons (Fsp3) is 0.300. The van der Waals surface area contributed by atoms with Crippen LogP contribution < -0.4 is 0 Å². The Kier molecular flexibility index (Phi) is 5.23. The Bertz CT molecular complexity index is 618. The molecule has 0 aliphatic heterocycles. The molecule has 0 bridgehead atoms. The summed E-state index contributed by atoms with van der Waals surface area (Å²) in [5, 5.41) is 0.781. The molecule has 0 nitrogen and oxygen atoms in total. The van der Waals surface area contributed by atoms with E-state index in [0.717, 1.165) is 5.02 Å². The van der Waals surface area contributed by atoms with Crippen LogP contribution in [0.5, 0.6) is 0 Å². The number of hydrogen-bond acceptors (Lipinski definition) is 0. The van der Waals surface area contributed by atoms with Gasteiger partial charge in [0.2, 0.25) is 0 Å². The standard InChI is InChI=1S/C20H20Cl2/c21-14-13-15-1-3-16(4-2-15)17-5-7-18(8-6-17)19-9-11-20(22)12-10-19/h5-16H,1-4H2/b14-13+. The highest BCUT2D eigenvalue weighted by molar-refractivity contribution is 6.30. The van der Waals surface area contributed by atoms with Crippen LogP contribution in [0.25, 0.3) is 11.1 Å². The molecule has 0 amide bonds. The summed E-state index contributed by atoms with van der Waals surface area (Å²) in [4.78, 5) is 0. The highest BCUT2D eigenvalue weighted by Crippen LogP contribution is 2.37. The molecule has 0 aromatic heterocycles. The molecule has 1 fully saturated rings. The van der Waals surface area contributed by atoms with Crippen LogP contribution in [-0.4, -0.2) is 0 Å². The Morgan fingerprint density at radius 3 is 1.86 bits per heavy atom. The second-order valence-corrected chi connectivity index (χ2v) is 6.75. The van der Waals surface area contributed by atoms with Crippen LogP contribution in [0.2, 0.25) is 5.02 Å². The first-order chi connectivity index (χ1) is 10.8. The van der Waals surface area contributed by atoms with Gasteiger partial charge >= 0.3 is 0 Å². The molecule has 0 N–H and O–H groups in total. The summed E-state index contributed by atoms with van der Waals surface area (Å²) in [6, 6.07) is 17.0. The minimum absolute atomic E-state index is 0.669. The molecule has 0 atom stereocenters. The van der Waals surface area contributed by atoms with Crippen LogP contribution in [0.4, 0.5) is 0 Å². The predicted octanol–water partition coefficient (Wildman–Crippen LogP) is 7.03. The Morgan fingerprint density at radius 1 is 0.773 bits per heavy atom. The lowest BCUT2D eigenvalue weighted by atomic mass is 9.78. The molecule has 1 aliphatic rings. The Balaban J connectivity index is 1.68. The zero-order chi connectivity index (χ0) is 15.4. The molecule has 2 heteroatoms. The van der Waals surface area contributed by atoms with Gasteiger partial charge < -0.3 is 0 Å². The maximum absolute atomic E-state index is 5.95. The van der Waals surface area contributed by atoms with Crippen molar-refractivity contribution in [1.82, 2.24) is 0 Å². The van der Waals surface area contributed by atoms with E-state index in [2.05, 4.69) is 42.5 Å². The van der Waals surface area contributed by atoms with E-state index >= 15 is 0 Å². The van der Waals surface area contributed by atoms with Gasteiger partial charge in [-0.05, 0) is 66.3 Å². The maximum Gasteiger partial charge on any atom is 0.0406 e. The van der Waals surface area contributed by atoms with Crippen LogP contribution in [0.15, 0.2) is 60.1 Å². The number of allylic oxidation sites excluding steroid dienone is 1. The van der Waals surface area contributed by atoms with E-state index in [0.29, 0.717) is 11.8 Å². The van der Waals surface area contributed by atoms with Gasteiger partial charge in [-0.25, -0.2) is 0 Å². The first kappa shape index (κ1) is 15.6. The summed E-state index contributed by atoms with van der Waals surface area (Å²) in [6.45, 7) is 0. The summed E-state index contributed by atoms with van der Waals surface area (Å²) in [6.07, 6.45) is 7.14. The number of halogens is 2. The molecule has 2 aromatic rings. The van der Waals surface area contributed by atoms with Crippen LogP contribution in [0.3, 0.4) is 0 Å². The van der Waals surface area contributed by atoms with E-state index in [1.54, 1.807) is 5.54 Å². The summed E-state index contributed by atoms with van der Waals surface area (Å²) in [5.41, 5.74) is 5.60. The van der Waals surface area contributed by atoms with Crippen LogP contribution in [-0.2, 0) is 0 Å². The van der Waals surface area contributed by atoms with Crippen molar-refractivity contribution in [1.29, 1.82) is 0 Å². The lowest BCUT2D eigenvalue weighted by Crippen LogP contribution is -2.11. The van der Waals surface area contributed by atoms with E-state index in [1.807, 2.05) is 12.1 Å². The minimum atomic E-state index is 0.669. The zero-order valence-electron chi connectivity index (χ0n) is 12.5. The molecule has 0 unspecified atom stereocenters. The van der Waals surface area contributed by atoms with Crippen LogP contribution in [0, 0.1) is 5.92 Å². The van der Waals surface area contributed by atoms with Crippen molar-refractivity contribution in [3.63, 3.8) is 0 Å². The van der Waals surface area contributed by atoms with E-state index in [-0.39, 0.29) is 0 Å². The SMILES string of the molecule is Cl/C=C/C1CCC(c2ccc(-c3ccc(Cl)cc3)cc2)CC1. The smallest absolute Gasteiger partial charge is 0.0406 e. The number of hydrogen-bond donors (Lipinski definition) is 0. The third kappa shape index (κ3) is 3.74. The minimum Gasteiger partial charge on any atom is -0.0933 e. The molecule has 0 heterocycles. The second kappa shape index (κ2) is 7.35. The molecular weight excluding hydrogens is 311 g/mol. The van der Waals surface area contributed by atoms with Crippen LogP contribution in [0.1, 0.15) is 37.2 Å². The van der Waals surface area contributed by atoms with E-state index in [9.17, 15) is 0 Å². The number of rotatable bonds is 3. The normalized spacial score (nSPS) is 22.1. The third-order valence-electron chi connectivity index (χ3n) is 4.68. The molecule has 1 saturated carbocycles. The summed E-state index contributed by atoms with van der Waals surface area (Å²) in [5.74, 6) is 1.36. The molecule has 0 saturated heterocycles. The molecule has 0 spiro atoms. The first-order valence-corrected chi connectivity index (χ1v) is 8.70. The molecule has 1 aliphatic carbocycles. The monoisotopic (exact) mass is 330 g/mol. The number of benzene rings is 2. The summed E-state index contributed by atoms with van der Waals surface area (Å²) < 4.78 is 0. The topological polar surface area (TPSA) is 0 Å². The van der Waals surface area contributed by atoms with Crippen molar-refractivity contribution in [2.75, 3.05) is 0 Å². The van der Waals surface area contributed by atoms with Crippen molar-refractivity contribution >= 4 is 23.2 Å². The Hall–Kier alpha value is -1.24. The van der Waals surface area contributed by atoms with Crippen molar-refractivity contribution in [2.45, 2.75) is 31.6 Å². The predicted molar refractivity (Wildman–Crippen MR) is 96.6 cm³/mol. The van der Waals surface area contributed by atoms with Crippen molar-refractivity contribution < 1.29 is 0 Å². The Morgan fingerprint density at radius 2 is 1.32 bits per heavy atom. The van der Waals surface area contributed by atoms with Gasteiger partial charge in [-0.3, -0.25) is 0 Å². The van der Waals surface area contributed by atoms with Gasteiger partial charge in [0, 0.05) is 10.6 Å². The van der Waals surface area contributed by atoms with Crippen molar-refractivity contribution in [3.8, 4) is 11.1 Å². The van der Waals surface area contributed by atoms with Gasteiger partial charge in [0.25, 0.3) is 0 Å². The van der Waals surface area contributed by atoms with Gasteiger partial charge in [-0.2, -0.15) is 0 Å². The zero-order valence-corrected chi connectivity index (χ0v) is 14.0. The second-order valence-electron chi connectivity index (χ2n) is 6.06. The Labute approximate surface area is 142 Å². The molecule has 3 rings (SSSR count). The van der Waals surface area contributed by atoms with Crippen LogP contribution >= 0.6 is 23.2 Å². The lowest BCUT2D eigenvalue weighted by Gasteiger charge is -2.27. The quantitative estimate of drug-likeness (QED) is 0.566. The van der Waals surface area contributed by atoms with Gasteiger partial charge in [0.05, 0.1) is 0 Å². The van der Waals surface area contributed by atoms with Gasteiger partial charge in [0.1, 0.15) is 0 Å². The lowest BCUT2D eigenvalue weighted by molar-refractivity contribution is 0.376. The van der Waals surface area contributed by atoms with E-state index in [1.165, 1.54) is 42.4 Å².